The Morgan fingerprint density at radius 2 is 1.78 bits per heavy atom. The number of rotatable bonds is 3. The van der Waals surface area contributed by atoms with Crippen molar-refractivity contribution in [3.63, 3.8) is 0 Å². The lowest BCUT2D eigenvalue weighted by Crippen LogP contribution is -2.62. The predicted molar refractivity (Wildman–Crippen MR) is 101 cm³/mol. The van der Waals surface area contributed by atoms with E-state index < -0.39 is 15.7 Å². The van der Waals surface area contributed by atoms with E-state index in [2.05, 4.69) is 29.2 Å². The van der Waals surface area contributed by atoms with Gasteiger partial charge in [0.15, 0.2) is 5.72 Å². The summed E-state index contributed by atoms with van der Waals surface area (Å²) in [4.78, 5) is 16.8. The number of fused-ring (bicyclic) bond motifs is 1. The number of likely N-dealkylation sites (tertiary alicyclic amines) is 1. The van der Waals surface area contributed by atoms with Gasteiger partial charge in [-0.15, -0.1) is 0 Å². The van der Waals surface area contributed by atoms with Crippen molar-refractivity contribution in [2.75, 3.05) is 39.0 Å². The third-order valence-electron chi connectivity index (χ3n) is 6.02. The monoisotopic (exact) mass is 393 g/mol. The first-order valence-electron chi connectivity index (χ1n) is 9.41. The minimum Gasteiger partial charge on any atom is -0.346 e. The number of nitrogens with zero attached hydrogens (tertiary/aromatic N) is 3. The summed E-state index contributed by atoms with van der Waals surface area (Å²) in [7, 11) is -3.42. The largest absolute Gasteiger partial charge is 0.346 e. The Morgan fingerprint density at radius 3 is 2.41 bits per heavy atom. The summed E-state index contributed by atoms with van der Waals surface area (Å²) < 4.78 is 31.6. The van der Waals surface area contributed by atoms with Crippen LogP contribution in [0.15, 0.2) is 30.3 Å². The second-order valence-electron chi connectivity index (χ2n) is 8.23. The van der Waals surface area contributed by atoms with E-state index >= 15 is 0 Å². The maximum atomic E-state index is 12.6. The molecule has 1 atom stereocenters. The molecule has 1 amide bonds. The van der Waals surface area contributed by atoms with Crippen LogP contribution in [-0.2, 0) is 26.1 Å². The van der Waals surface area contributed by atoms with Crippen molar-refractivity contribution in [3.05, 3.63) is 35.9 Å². The van der Waals surface area contributed by atoms with E-state index in [1.54, 1.807) is 4.90 Å². The first-order chi connectivity index (χ1) is 12.7. The molecule has 3 heterocycles. The van der Waals surface area contributed by atoms with Gasteiger partial charge < -0.3 is 9.64 Å². The Balaban J connectivity index is 1.44. The van der Waals surface area contributed by atoms with Gasteiger partial charge in [0.25, 0.3) is 0 Å². The lowest BCUT2D eigenvalue weighted by molar-refractivity contribution is -0.174. The molecular weight excluding hydrogens is 366 g/mol. The fraction of sp³-hybridized carbons (Fsp3) is 0.632. The molecule has 7 nitrogen and oxygen atoms in total. The van der Waals surface area contributed by atoms with Gasteiger partial charge >= 0.3 is 0 Å². The third-order valence-corrected chi connectivity index (χ3v) is 7.22. The van der Waals surface area contributed by atoms with Gasteiger partial charge in [-0.05, 0) is 25.3 Å². The molecule has 0 bridgehead atoms. The average Bonchev–Trinajstić information content (AvgIpc) is 2.90. The minimum atomic E-state index is -3.42. The maximum absolute atomic E-state index is 12.6. The molecule has 0 saturated carbocycles. The van der Waals surface area contributed by atoms with Crippen LogP contribution in [-0.4, -0.2) is 78.7 Å². The summed E-state index contributed by atoms with van der Waals surface area (Å²) >= 11 is 0. The second kappa shape index (κ2) is 6.55. The van der Waals surface area contributed by atoms with Gasteiger partial charge in [0.05, 0.1) is 31.5 Å². The van der Waals surface area contributed by atoms with Gasteiger partial charge in [-0.3, -0.25) is 9.69 Å². The standard InChI is InChI=1S/C19H27N3O4S/c1-18-14-21(27(2,24)25)13-17(23)22(18)15-19(26-18)8-10-20(11-9-19)12-16-6-4-3-5-7-16/h3-7H,8-15H2,1-2H3. The highest BCUT2D eigenvalue weighted by Gasteiger charge is 2.57. The smallest absolute Gasteiger partial charge is 0.240 e. The Kier molecular flexibility index (Phi) is 4.57. The zero-order valence-corrected chi connectivity index (χ0v) is 16.7. The molecule has 1 aromatic rings. The van der Waals surface area contributed by atoms with Gasteiger partial charge in [-0.1, -0.05) is 30.3 Å². The van der Waals surface area contributed by atoms with E-state index in [-0.39, 0.29) is 24.6 Å². The van der Waals surface area contributed by atoms with E-state index in [0.29, 0.717) is 6.54 Å². The number of amides is 1. The number of piperazine rings is 1. The van der Waals surface area contributed by atoms with Gasteiger partial charge in [-0.2, -0.15) is 4.31 Å². The fourth-order valence-corrected chi connectivity index (χ4v) is 5.37. The van der Waals surface area contributed by atoms with Crippen LogP contribution in [0, 0.1) is 0 Å². The topological polar surface area (TPSA) is 70.2 Å². The summed E-state index contributed by atoms with van der Waals surface area (Å²) in [6.07, 6.45) is 2.84. The number of carbonyl (C=O) groups is 1. The SMILES string of the molecule is CC12CN(S(C)(=O)=O)CC(=O)N1CC1(CCN(Cc3ccccc3)CC1)O2. The molecule has 27 heavy (non-hydrogen) atoms. The van der Waals surface area contributed by atoms with Gasteiger partial charge in [0, 0.05) is 19.6 Å². The molecule has 148 valence electrons. The molecule has 3 fully saturated rings. The van der Waals surface area contributed by atoms with Gasteiger partial charge in [0.2, 0.25) is 15.9 Å². The Hall–Kier alpha value is -1.48. The molecule has 0 N–H and O–H groups in total. The van der Waals surface area contributed by atoms with E-state index in [1.807, 2.05) is 13.0 Å². The molecule has 1 spiro atoms. The number of benzene rings is 1. The van der Waals surface area contributed by atoms with Crippen LogP contribution >= 0.6 is 0 Å². The lowest BCUT2D eigenvalue weighted by Gasteiger charge is -2.42. The number of ether oxygens (including phenoxy) is 1. The normalized spacial score (nSPS) is 29.3. The van der Waals surface area contributed by atoms with Crippen molar-refractivity contribution in [2.24, 2.45) is 0 Å². The number of carbonyl (C=O) groups excluding carboxylic acids is 1. The third kappa shape index (κ3) is 3.63. The van der Waals surface area contributed by atoms with Crippen molar-refractivity contribution in [2.45, 2.75) is 37.6 Å². The second-order valence-corrected chi connectivity index (χ2v) is 10.2. The minimum absolute atomic E-state index is 0.0893. The van der Waals surface area contributed by atoms with Crippen molar-refractivity contribution >= 4 is 15.9 Å². The number of piperidine rings is 1. The van der Waals surface area contributed by atoms with E-state index in [0.717, 1.165) is 38.7 Å². The summed E-state index contributed by atoms with van der Waals surface area (Å²) in [5, 5.41) is 0. The summed E-state index contributed by atoms with van der Waals surface area (Å²) in [5.74, 6) is -0.169. The lowest BCUT2D eigenvalue weighted by atomic mass is 9.91. The van der Waals surface area contributed by atoms with Gasteiger partial charge in [-0.25, -0.2) is 8.42 Å². The van der Waals surface area contributed by atoms with Gasteiger partial charge in [0.1, 0.15) is 0 Å². The van der Waals surface area contributed by atoms with E-state index in [9.17, 15) is 13.2 Å². The van der Waals surface area contributed by atoms with Crippen LogP contribution in [0.1, 0.15) is 25.3 Å². The molecule has 3 aliphatic heterocycles. The zero-order valence-electron chi connectivity index (χ0n) is 15.9. The Morgan fingerprint density at radius 1 is 1.11 bits per heavy atom. The number of sulfonamides is 1. The highest BCUT2D eigenvalue weighted by atomic mass is 32.2. The molecule has 0 aromatic heterocycles. The molecule has 4 rings (SSSR count). The summed E-state index contributed by atoms with van der Waals surface area (Å²) in [5.41, 5.74) is 0.0506. The van der Waals surface area contributed by atoms with Crippen LogP contribution in [0.25, 0.3) is 0 Å². The maximum Gasteiger partial charge on any atom is 0.240 e. The van der Waals surface area contributed by atoms with Crippen molar-refractivity contribution < 1.29 is 17.9 Å². The van der Waals surface area contributed by atoms with Crippen molar-refractivity contribution in [1.29, 1.82) is 0 Å². The molecule has 1 aromatic carbocycles. The Bertz CT molecular complexity index is 821. The summed E-state index contributed by atoms with van der Waals surface area (Å²) in [6.45, 7) is 5.23. The molecule has 3 aliphatic rings. The van der Waals surface area contributed by atoms with Crippen molar-refractivity contribution in [3.8, 4) is 0 Å². The Labute approximate surface area is 160 Å². The molecule has 0 radical (unpaired) electrons. The highest BCUT2D eigenvalue weighted by molar-refractivity contribution is 7.88. The number of hydrogen-bond donors (Lipinski definition) is 0. The van der Waals surface area contributed by atoms with Crippen LogP contribution in [0.3, 0.4) is 0 Å². The van der Waals surface area contributed by atoms with E-state index in [4.69, 9.17) is 4.74 Å². The quantitative estimate of drug-likeness (QED) is 0.762. The van der Waals surface area contributed by atoms with Crippen LogP contribution in [0.2, 0.25) is 0 Å². The predicted octanol–water partition coefficient (Wildman–Crippen LogP) is 0.871. The van der Waals surface area contributed by atoms with Crippen LogP contribution in [0.4, 0.5) is 0 Å². The molecular formula is C19H27N3O4S. The van der Waals surface area contributed by atoms with Crippen molar-refractivity contribution in [1.82, 2.24) is 14.1 Å². The van der Waals surface area contributed by atoms with E-state index in [1.165, 1.54) is 9.87 Å². The molecule has 3 saturated heterocycles. The van der Waals surface area contributed by atoms with Crippen LogP contribution in [0.5, 0.6) is 0 Å². The molecule has 8 heteroatoms. The average molecular weight is 394 g/mol. The van der Waals surface area contributed by atoms with Crippen LogP contribution < -0.4 is 0 Å². The highest BCUT2D eigenvalue weighted by Crippen LogP contribution is 2.43. The molecule has 0 aliphatic carbocycles. The zero-order chi connectivity index (χ0) is 19.3. The number of hydrogen-bond acceptors (Lipinski definition) is 5. The molecule has 1 unspecified atom stereocenters. The first kappa shape index (κ1) is 18.9. The first-order valence-corrected chi connectivity index (χ1v) is 11.3. The fourth-order valence-electron chi connectivity index (χ4n) is 4.55. The summed E-state index contributed by atoms with van der Waals surface area (Å²) in [6, 6.07) is 10.4.